The number of non-ortho nitro benzene ring substituents is 1. The van der Waals surface area contributed by atoms with E-state index in [2.05, 4.69) is 22.5 Å². The van der Waals surface area contributed by atoms with E-state index >= 15 is 0 Å². The Labute approximate surface area is 84.4 Å². The first-order valence-corrected chi connectivity index (χ1v) is 4.48. The zero-order chi connectivity index (χ0) is 9.84. The van der Waals surface area contributed by atoms with Gasteiger partial charge in [0.1, 0.15) is 0 Å². The number of benzene rings is 1. The van der Waals surface area contributed by atoms with E-state index in [1.165, 1.54) is 6.07 Å². The molecule has 0 amide bonds. The summed E-state index contributed by atoms with van der Waals surface area (Å²) in [4.78, 5) is 10.0. The van der Waals surface area contributed by atoms with Gasteiger partial charge in [-0.1, -0.05) is 22.0 Å². The first kappa shape index (κ1) is 9.92. The lowest BCUT2D eigenvalue weighted by Crippen LogP contribution is -1.90. The van der Waals surface area contributed by atoms with Crippen molar-refractivity contribution in [3.63, 3.8) is 0 Å². The average Bonchev–Trinajstić information content (AvgIpc) is 2.08. The van der Waals surface area contributed by atoms with Crippen molar-refractivity contribution in [2.24, 2.45) is 0 Å². The van der Waals surface area contributed by atoms with Crippen LogP contribution >= 0.6 is 15.9 Å². The van der Waals surface area contributed by atoms with Gasteiger partial charge >= 0.3 is 0 Å². The summed E-state index contributed by atoms with van der Waals surface area (Å²) < 4.78 is 0.873. The zero-order valence-electron chi connectivity index (χ0n) is 6.87. The summed E-state index contributed by atoms with van der Waals surface area (Å²) in [6.07, 6.45) is 2.34. The van der Waals surface area contributed by atoms with Gasteiger partial charge in [0.05, 0.1) is 4.92 Å². The summed E-state index contributed by atoms with van der Waals surface area (Å²) in [7, 11) is 0. The molecule has 0 N–H and O–H groups in total. The molecule has 3 nitrogen and oxygen atoms in total. The third-order valence-electron chi connectivity index (χ3n) is 1.60. The molecule has 0 unspecified atom stereocenters. The lowest BCUT2D eigenvalue weighted by Gasteiger charge is -1.99. The predicted molar refractivity (Wildman–Crippen MR) is 54.7 cm³/mol. The monoisotopic (exact) mass is 241 g/mol. The summed E-state index contributed by atoms with van der Waals surface area (Å²) in [5.41, 5.74) is 0.990. The molecular formula is C9H8BrNO2. The summed E-state index contributed by atoms with van der Waals surface area (Å²) in [5, 5.41) is 10.4. The fraction of sp³-hybridized carbons (Fsp3) is 0.111. The van der Waals surface area contributed by atoms with Crippen molar-refractivity contribution in [3.05, 3.63) is 51.0 Å². The highest BCUT2D eigenvalue weighted by Crippen LogP contribution is 2.22. The topological polar surface area (TPSA) is 43.1 Å². The lowest BCUT2D eigenvalue weighted by atomic mass is 10.1. The van der Waals surface area contributed by atoms with Gasteiger partial charge in [-0.15, -0.1) is 6.58 Å². The Kier molecular flexibility index (Phi) is 3.19. The second-order valence-corrected chi connectivity index (χ2v) is 3.38. The van der Waals surface area contributed by atoms with Crippen molar-refractivity contribution >= 4 is 21.6 Å². The SMILES string of the molecule is C=CCc1cc([N+](=O)[O-])ccc1Br. The van der Waals surface area contributed by atoms with Gasteiger partial charge in [0.15, 0.2) is 0 Å². The molecule has 4 heteroatoms. The van der Waals surface area contributed by atoms with E-state index in [-0.39, 0.29) is 5.69 Å². The normalized spacial score (nSPS) is 9.62. The summed E-state index contributed by atoms with van der Waals surface area (Å²) in [6.45, 7) is 3.58. The van der Waals surface area contributed by atoms with Gasteiger partial charge in [-0.3, -0.25) is 10.1 Å². The summed E-state index contributed by atoms with van der Waals surface area (Å²) in [6, 6.07) is 4.69. The molecule has 0 aliphatic heterocycles. The first-order valence-electron chi connectivity index (χ1n) is 3.69. The molecule has 0 aromatic heterocycles. The van der Waals surface area contributed by atoms with E-state index < -0.39 is 4.92 Å². The summed E-state index contributed by atoms with van der Waals surface area (Å²) in [5.74, 6) is 0. The Morgan fingerprint density at radius 1 is 1.62 bits per heavy atom. The molecule has 68 valence electrons. The van der Waals surface area contributed by atoms with Crippen molar-refractivity contribution in [1.82, 2.24) is 0 Å². The lowest BCUT2D eigenvalue weighted by molar-refractivity contribution is -0.384. The molecule has 0 atom stereocenters. The maximum Gasteiger partial charge on any atom is 0.269 e. The van der Waals surface area contributed by atoms with Gasteiger partial charge in [-0.25, -0.2) is 0 Å². The fourth-order valence-electron chi connectivity index (χ4n) is 0.987. The highest BCUT2D eigenvalue weighted by atomic mass is 79.9. The maximum atomic E-state index is 10.4. The van der Waals surface area contributed by atoms with Crippen LogP contribution in [0.5, 0.6) is 0 Å². The van der Waals surface area contributed by atoms with Gasteiger partial charge in [-0.05, 0) is 18.1 Å². The summed E-state index contributed by atoms with van der Waals surface area (Å²) >= 11 is 3.31. The van der Waals surface area contributed by atoms with Crippen LogP contribution in [0.2, 0.25) is 0 Å². The minimum Gasteiger partial charge on any atom is -0.258 e. The number of hydrogen-bond acceptors (Lipinski definition) is 2. The highest BCUT2D eigenvalue weighted by Gasteiger charge is 2.07. The van der Waals surface area contributed by atoms with Crippen LogP contribution in [0, 0.1) is 10.1 Å². The molecule has 1 aromatic rings. The molecule has 0 bridgehead atoms. The number of rotatable bonds is 3. The fourth-order valence-corrected chi connectivity index (χ4v) is 1.40. The molecule has 1 rings (SSSR count). The third-order valence-corrected chi connectivity index (χ3v) is 2.38. The van der Waals surface area contributed by atoms with Crippen LogP contribution in [0.15, 0.2) is 35.3 Å². The van der Waals surface area contributed by atoms with Crippen LogP contribution in [0.4, 0.5) is 5.69 Å². The molecule has 1 aromatic carbocycles. The first-order chi connectivity index (χ1) is 6.15. The van der Waals surface area contributed by atoms with Crippen molar-refractivity contribution in [2.45, 2.75) is 6.42 Å². The van der Waals surface area contributed by atoms with Crippen LogP contribution in [0.1, 0.15) is 5.56 Å². The molecule has 0 radical (unpaired) electrons. The van der Waals surface area contributed by atoms with E-state index in [4.69, 9.17) is 0 Å². The van der Waals surface area contributed by atoms with E-state index in [1.54, 1.807) is 18.2 Å². The Hall–Kier alpha value is -1.16. The smallest absolute Gasteiger partial charge is 0.258 e. The van der Waals surface area contributed by atoms with Crippen LogP contribution in [-0.2, 0) is 6.42 Å². The van der Waals surface area contributed by atoms with Gasteiger partial charge in [0.2, 0.25) is 0 Å². The number of halogens is 1. The predicted octanol–water partition coefficient (Wildman–Crippen LogP) is 3.09. The van der Waals surface area contributed by atoms with Crippen LogP contribution in [0.25, 0.3) is 0 Å². The number of nitro groups is 1. The Morgan fingerprint density at radius 2 is 2.31 bits per heavy atom. The molecule has 0 aliphatic carbocycles. The van der Waals surface area contributed by atoms with E-state index in [0.717, 1.165) is 10.0 Å². The Balaban J connectivity index is 3.10. The largest absolute Gasteiger partial charge is 0.269 e. The van der Waals surface area contributed by atoms with Crippen LogP contribution in [-0.4, -0.2) is 4.92 Å². The van der Waals surface area contributed by atoms with Crippen LogP contribution < -0.4 is 0 Å². The van der Waals surface area contributed by atoms with E-state index in [1.807, 2.05) is 0 Å². The molecular weight excluding hydrogens is 234 g/mol. The van der Waals surface area contributed by atoms with Crippen molar-refractivity contribution in [2.75, 3.05) is 0 Å². The van der Waals surface area contributed by atoms with Gasteiger partial charge < -0.3 is 0 Å². The number of nitro benzene ring substituents is 1. The minimum absolute atomic E-state index is 0.111. The minimum atomic E-state index is -0.404. The molecule has 0 spiro atoms. The number of allylic oxidation sites excluding steroid dienone is 1. The molecule has 0 saturated heterocycles. The quantitative estimate of drug-likeness (QED) is 0.464. The van der Waals surface area contributed by atoms with Gasteiger partial charge in [-0.2, -0.15) is 0 Å². The molecule has 0 fully saturated rings. The number of hydrogen-bond donors (Lipinski definition) is 0. The van der Waals surface area contributed by atoms with Crippen molar-refractivity contribution in [1.29, 1.82) is 0 Å². The van der Waals surface area contributed by atoms with Gasteiger partial charge in [0.25, 0.3) is 5.69 Å². The zero-order valence-corrected chi connectivity index (χ0v) is 8.45. The molecule has 0 saturated carbocycles. The molecule has 13 heavy (non-hydrogen) atoms. The third kappa shape index (κ3) is 2.39. The molecule has 0 heterocycles. The van der Waals surface area contributed by atoms with Crippen LogP contribution in [0.3, 0.4) is 0 Å². The second kappa shape index (κ2) is 4.18. The average molecular weight is 242 g/mol. The maximum absolute atomic E-state index is 10.4. The van der Waals surface area contributed by atoms with E-state index in [0.29, 0.717) is 6.42 Å². The Morgan fingerprint density at radius 3 is 2.85 bits per heavy atom. The standard InChI is InChI=1S/C9H8BrNO2/c1-2-3-7-6-8(11(12)13)4-5-9(7)10/h2,4-6H,1,3H2. The molecule has 0 aliphatic rings. The Bertz CT molecular complexity index is 349. The second-order valence-electron chi connectivity index (χ2n) is 2.53. The van der Waals surface area contributed by atoms with Gasteiger partial charge in [0, 0.05) is 16.6 Å². The van der Waals surface area contributed by atoms with Crippen molar-refractivity contribution in [3.8, 4) is 0 Å². The number of nitrogens with zero attached hydrogens (tertiary/aromatic N) is 1. The highest BCUT2D eigenvalue weighted by molar-refractivity contribution is 9.10. The van der Waals surface area contributed by atoms with E-state index in [9.17, 15) is 10.1 Å². The van der Waals surface area contributed by atoms with Crippen molar-refractivity contribution < 1.29 is 4.92 Å².